The molecule has 0 aliphatic heterocycles. The second-order valence-corrected chi connectivity index (χ2v) is 4.92. The first kappa shape index (κ1) is 16.5. The number of carbonyl (C=O) groups excluding carboxylic acids is 1. The smallest absolute Gasteiger partial charge is 0.317 e. The van der Waals surface area contributed by atoms with E-state index in [0.717, 1.165) is 5.56 Å². The highest BCUT2D eigenvalue weighted by Crippen LogP contribution is 2.16. The molecule has 2 amide bonds. The molecule has 2 unspecified atom stereocenters. The third kappa shape index (κ3) is 5.53. The number of rotatable bonds is 6. The number of carboxylic acid groups (broad SMARTS) is 1. The maximum absolute atomic E-state index is 12.1. The Morgan fingerprint density at radius 1 is 1.38 bits per heavy atom. The van der Waals surface area contributed by atoms with Crippen LogP contribution in [0.1, 0.15) is 24.9 Å². The van der Waals surface area contributed by atoms with E-state index in [1.54, 1.807) is 38.2 Å². The molecule has 0 spiro atoms. The number of carboxylic acids is 1. The number of carbonyl (C=O) groups is 2. The Bertz CT molecular complexity index is 525. The normalized spacial score (nSPS) is 12.8. The number of nitrogens with one attached hydrogen (secondary N) is 1. The number of hydrogen-bond donors (Lipinski definition) is 2. The highest BCUT2D eigenvalue weighted by molar-refractivity contribution is 5.76. The summed E-state index contributed by atoms with van der Waals surface area (Å²) in [5.41, 5.74) is 0.731. The molecule has 0 radical (unpaired) electrons. The van der Waals surface area contributed by atoms with E-state index in [4.69, 9.17) is 10.4 Å². The van der Waals surface area contributed by atoms with Crippen LogP contribution in [-0.4, -0.2) is 35.6 Å². The van der Waals surface area contributed by atoms with Crippen molar-refractivity contribution in [2.75, 3.05) is 13.6 Å². The van der Waals surface area contributed by atoms with Gasteiger partial charge in [0, 0.05) is 13.6 Å². The molecule has 0 bridgehead atoms. The van der Waals surface area contributed by atoms with Crippen LogP contribution in [0.3, 0.4) is 0 Å². The predicted octanol–water partition coefficient (Wildman–Crippen LogP) is 2.00. The van der Waals surface area contributed by atoms with E-state index in [0.29, 0.717) is 0 Å². The van der Waals surface area contributed by atoms with Crippen molar-refractivity contribution in [3.8, 4) is 6.07 Å². The standard InChI is InChI=1S/C15H19N3O3/c1-11(9-16)10-18(2)15(21)17-13(8-14(19)20)12-6-4-3-5-7-12/h3-7,11,13H,8,10H2,1-2H3,(H,17,21)(H,19,20). The molecule has 21 heavy (non-hydrogen) atoms. The largest absolute Gasteiger partial charge is 0.481 e. The fraction of sp³-hybridized carbons (Fsp3) is 0.400. The predicted molar refractivity (Wildman–Crippen MR) is 77.4 cm³/mol. The molecule has 0 heterocycles. The van der Waals surface area contributed by atoms with Crippen LogP contribution in [0.5, 0.6) is 0 Å². The van der Waals surface area contributed by atoms with E-state index in [-0.39, 0.29) is 18.9 Å². The molecule has 0 aliphatic carbocycles. The lowest BCUT2D eigenvalue weighted by molar-refractivity contribution is -0.137. The zero-order valence-electron chi connectivity index (χ0n) is 12.1. The second kappa shape index (κ2) is 7.90. The van der Waals surface area contributed by atoms with Gasteiger partial charge < -0.3 is 15.3 Å². The van der Waals surface area contributed by atoms with Crippen molar-refractivity contribution >= 4 is 12.0 Å². The number of nitriles is 1. The number of amides is 2. The zero-order chi connectivity index (χ0) is 15.8. The summed E-state index contributed by atoms with van der Waals surface area (Å²) in [5.74, 6) is -1.27. The van der Waals surface area contributed by atoms with Gasteiger partial charge in [-0.25, -0.2) is 4.79 Å². The fourth-order valence-corrected chi connectivity index (χ4v) is 1.91. The van der Waals surface area contributed by atoms with Crippen LogP contribution in [0.15, 0.2) is 30.3 Å². The molecule has 0 saturated carbocycles. The summed E-state index contributed by atoms with van der Waals surface area (Å²) in [7, 11) is 1.58. The molecule has 112 valence electrons. The highest BCUT2D eigenvalue weighted by atomic mass is 16.4. The van der Waals surface area contributed by atoms with Gasteiger partial charge in [-0.05, 0) is 12.5 Å². The molecular formula is C15H19N3O3. The number of aliphatic carboxylic acids is 1. The molecule has 2 atom stereocenters. The topological polar surface area (TPSA) is 93.4 Å². The molecule has 2 N–H and O–H groups in total. The van der Waals surface area contributed by atoms with Gasteiger partial charge in [-0.1, -0.05) is 30.3 Å². The summed E-state index contributed by atoms with van der Waals surface area (Å²) in [4.78, 5) is 24.4. The Kier molecular flexibility index (Phi) is 6.21. The molecule has 1 aromatic carbocycles. The zero-order valence-corrected chi connectivity index (χ0v) is 12.1. The fourth-order valence-electron chi connectivity index (χ4n) is 1.91. The number of hydrogen-bond acceptors (Lipinski definition) is 3. The van der Waals surface area contributed by atoms with E-state index >= 15 is 0 Å². The molecule has 6 heteroatoms. The van der Waals surface area contributed by atoms with E-state index in [2.05, 4.69) is 11.4 Å². The molecule has 0 aromatic heterocycles. The van der Waals surface area contributed by atoms with Gasteiger partial charge in [0.2, 0.25) is 0 Å². The lowest BCUT2D eigenvalue weighted by atomic mass is 10.0. The first-order valence-corrected chi connectivity index (χ1v) is 6.62. The Labute approximate surface area is 124 Å². The van der Waals surface area contributed by atoms with Crippen LogP contribution in [0.4, 0.5) is 4.79 Å². The maximum atomic E-state index is 12.1. The lowest BCUT2D eigenvalue weighted by Gasteiger charge is -2.23. The van der Waals surface area contributed by atoms with Gasteiger partial charge in [-0.2, -0.15) is 5.26 Å². The van der Waals surface area contributed by atoms with Gasteiger partial charge in [0.1, 0.15) is 0 Å². The first-order chi connectivity index (χ1) is 9.93. The number of benzene rings is 1. The van der Waals surface area contributed by atoms with Crippen molar-refractivity contribution in [3.05, 3.63) is 35.9 Å². The van der Waals surface area contributed by atoms with Crippen molar-refractivity contribution in [2.45, 2.75) is 19.4 Å². The van der Waals surface area contributed by atoms with Crippen LogP contribution in [-0.2, 0) is 4.79 Å². The van der Waals surface area contributed by atoms with Crippen molar-refractivity contribution in [1.82, 2.24) is 10.2 Å². The molecule has 1 aromatic rings. The third-order valence-electron chi connectivity index (χ3n) is 2.99. The minimum absolute atomic E-state index is 0.197. The summed E-state index contributed by atoms with van der Waals surface area (Å²) in [6.07, 6.45) is -0.197. The Morgan fingerprint density at radius 3 is 2.52 bits per heavy atom. The molecule has 0 saturated heterocycles. The summed E-state index contributed by atoms with van der Waals surface area (Å²) < 4.78 is 0. The monoisotopic (exact) mass is 289 g/mol. The molecule has 0 aliphatic rings. The van der Waals surface area contributed by atoms with Crippen LogP contribution in [0.2, 0.25) is 0 Å². The average Bonchev–Trinajstić information content (AvgIpc) is 2.46. The van der Waals surface area contributed by atoms with Crippen molar-refractivity contribution < 1.29 is 14.7 Å². The van der Waals surface area contributed by atoms with E-state index in [9.17, 15) is 9.59 Å². The summed E-state index contributed by atoms with van der Waals surface area (Å²) in [6.45, 7) is 2.01. The van der Waals surface area contributed by atoms with Crippen LogP contribution in [0.25, 0.3) is 0 Å². The van der Waals surface area contributed by atoms with Crippen LogP contribution in [0, 0.1) is 17.2 Å². The highest BCUT2D eigenvalue weighted by Gasteiger charge is 2.20. The molecular weight excluding hydrogens is 270 g/mol. The number of urea groups is 1. The minimum atomic E-state index is -0.989. The molecule has 1 rings (SSSR count). The second-order valence-electron chi connectivity index (χ2n) is 4.92. The van der Waals surface area contributed by atoms with Gasteiger partial charge >= 0.3 is 12.0 Å². The quantitative estimate of drug-likeness (QED) is 0.837. The van der Waals surface area contributed by atoms with Gasteiger partial charge in [0.15, 0.2) is 0 Å². The molecule has 0 fully saturated rings. The number of nitrogens with zero attached hydrogens (tertiary/aromatic N) is 2. The van der Waals surface area contributed by atoms with Crippen molar-refractivity contribution in [1.29, 1.82) is 5.26 Å². The van der Waals surface area contributed by atoms with Crippen molar-refractivity contribution in [2.24, 2.45) is 5.92 Å². The van der Waals surface area contributed by atoms with E-state index in [1.807, 2.05) is 6.07 Å². The van der Waals surface area contributed by atoms with E-state index in [1.165, 1.54) is 4.90 Å². The average molecular weight is 289 g/mol. The summed E-state index contributed by atoms with van der Waals surface area (Å²) in [5, 5.41) is 20.4. The minimum Gasteiger partial charge on any atom is -0.481 e. The molecule has 6 nitrogen and oxygen atoms in total. The lowest BCUT2D eigenvalue weighted by Crippen LogP contribution is -2.41. The van der Waals surface area contributed by atoms with E-state index < -0.39 is 18.0 Å². The van der Waals surface area contributed by atoms with Gasteiger partial charge in [0.25, 0.3) is 0 Å². The maximum Gasteiger partial charge on any atom is 0.317 e. The Morgan fingerprint density at radius 2 is 2.00 bits per heavy atom. The summed E-state index contributed by atoms with van der Waals surface area (Å²) in [6, 6.07) is 10.00. The van der Waals surface area contributed by atoms with Gasteiger partial charge in [-0.3, -0.25) is 4.79 Å². The Hall–Kier alpha value is -2.55. The van der Waals surface area contributed by atoms with Crippen molar-refractivity contribution in [3.63, 3.8) is 0 Å². The Balaban J connectivity index is 2.75. The van der Waals surface area contributed by atoms with Crippen LogP contribution >= 0.6 is 0 Å². The van der Waals surface area contributed by atoms with Gasteiger partial charge in [-0.15, -0.1) is 0 Å². The third-order valence-corrected chi connectivity index (χ3v) is 2.99. The SMILES string of the molecule is CC(C#N)CN(C)C(=O)NC(CC(=O)O)c1ccccc1. The first-order valence-electron chi connectivity index (χ1n) is 6.62. The van der Waals surface area contributed by atoms with Gasteiger partial charge in [0.05, 0.1) is 24.4 Å². The summed E-state index contributed by atoms with van der Waals surface area (Å²) >= 11 is 0. The van der Waals surface area contributed by atoms with Crippen LogP contribution < -0.4 is 5.32 Å².